The van der Waals surface area contributed by atoms with Gasteiger partial charge in [-0.25, -0.2) is 4.98 Å². The predicted octanol–water partition coefficient (Wildman–Crippen LogP) is 3.06. The van der Waals surface area contributed by atoms with E-state index in [1.165, 1.54) is 11.3 Å². The highest BCUT2D eigenvalue weighted by Gasteiger charge is 2.24. The van der Waals surface area contributed by atoms with Gasteiger partial charge in [-0.2, -0.15) is 9.97 Å². The number of aromatic hydroxyl groups is 2. The summed E-state index contributed by atoms with van der Waals surface area (Å²) in [7, 11) is 0. The summed E-state index contributed by atoms with van der Waals surface area (Å²) in [6.07, 6.45) is 1.58. The zero-order valence-electron chi connectivity index (χ0n) is 12.3. The summed E-state index contributed by atoms with van der Waals surface area (Å²) < 4.78 is 6.30. The molecule has 0 amide bonds. The molecule has 1 saturated heterocycles. The predicted molar refractivity (Wildman–Crippen MR) is 86.8 cm³/mol. The average Bonchev–Trinajstić information content (AvgIpc) is 2.98. The van der Waals surface area contributed by atoms with Crippen molar-refractivity contribution in [1.29, 1.82) is 0 Å². The zero-order valence-corrected chi connectivity index (χ0v) is 13.1. The molecule has 2 aromatic heterocycles. The number of para-hydroxylation sites is 1. The zero-order chi connectivity index (χ0) is 15.8. The molecule has 6 nitrogen and oxygen atoms in total. The number of benzene rings is 1. The monoisotopic (exact) mass is 329 g/mol. The van der Waals surface area contributed by atoms with Crippen LogP contribution in [0, 0.1) is 0 Å². The van der Waals surface area contributed by atoms with Gasteiger partial charge >= 0.3 is 0 Å². The highest BCUT2D eigenvalue weighted by Crippen LogP contribution is 2.40. The Balaban J connectivity index is 1.76. The quantitative estimate of drug-likeness (QED) is 0.751. The summed E-state index contributed by atoms with van der Waals surface area (Å²) in [5.74, 6) is 0.120. The van der Waals surface area contributed by atoms with Gasteiger partial charge in [-0.15, -0.1) is 11.3 Å². The summed E-state index contributed by atoms with van der Waals surface area (Å²) in [6.45, 7) is 1.30. The van der Waals surface area contributed by atoms with Crippen molar-refractivity contribution in [1.82, 2.24) is 15.0 Å². The van der Waals surface area contributed by atoms with Gasteiger partial charge in [-0.1, -0.05) is 12.1 Å². The fraction of sp³-hybridized carbons (Fsp3) is 0.312. The maximum atomic E-state index is 10.3. The molecule has 0 unspecified atom stereocenters. The van der Waals surface area contributed by atoms with Gasteiger partial charge in [0.05, 0.1) is 10.2 Å². The molecule has 1 aromatic carbocycles. The lowest BCUT2D eigenvalue weighted by Gasteiger charge is -2.21. The fourth-order valence-electron chi connectivity index (χ4n) is 2.76. The molecule has 23 heavy (non-hydrogen) atoms. The topological polar surface area (TPSA) is 88.4 Å². The van der Waals surface area contributed by atoms with Gasteiger partial charge in [0.2, 0.25) is 11.8 Å². The summed E-state index contributed by atoms with van der Waals surface area (Å²) in [5.41, 5.74) is 1.02. The van der Waals surface area contributed by atoms with Crippen LogP contribution in [0.2, 0.25) is 0 Å². The summed E-state index contributed by atoms with van der Waals surface area (Å²) in [4.78, 5) is 12.8. The van der Waals surface area contributed by atoms with Crippen LogP contribution in [0.25, 0.3) is 20.8 Å². The van der Waals surface area contributed by atoms with Crippen molar-refractivity contribution in [2.75, 3.05) is 13.2 Å². The third-order valence-corrected chi connectivity index (χ3v) is 5.04. The summed E-state index contributed by atoms with van der Waals surface area (Å²) in [5, 5.41) is 21.1. The van der Waals surface area contributed by atoms with Gasteiger partial charge in [-0.3, -0.25) is 0 Å². The second kappa shape index (κ2) is 5.75. The molecule has 1 aliphatic heterocycles. The maximum Gasteiger partial charge on any atom is 0.228 e. The van der Waals surface area contributed by atoms with Gasteiger partial charge < -0.3 is 14.9 Å². The first-order valence-electron chi connectivity index (χ1n) is 7.46. The second-order valence-corrected chi connectivity index (χ2v) is 6.51. The lowest BCUT2D eigenvalue weighted by molar-refractivity contribution is 0.0833. The van der Waals surface area contributed by atoms with Gasteiger partial charge in [0.15, 0.2) is 0 Å². The molecule has 2 N–H and O–H groups in total. The largest absolute Gasteiger partial charge is 0.493 e. The molecule has 118 valence electrons. The molecule has 0 saturated carbocycles. The Kier molecular flexibility index (Phi) is 3.59. The number of aromatic nitrogens is 3. The van der Waals surface area contributed by atoms with E-state index < -0.39 is 0 Å². The van der Waals surface area contributed by atoms with Crippen LogP contribution in [0.3, 0.4) is 0 Å². The Morgan fingerprint density at radius 1 is 1.00 bits per heavy atom. The van der Waals surface area contributed by atoms with Crippen LogP contribution < -0.4 is 0 Å². The molecule has 0 bridgehead atoms. The molecule has 3 heterocycles. The van der Waals surface area contributed by atoms with Crippen LogP contribution in [0.5, 0.6) is 11.8 Å². The van der Waals surface area contributed by atoms with E-state index in [9.17, 15) is 10.2 Å². The van der Waals surface area contributed by atoms with E-state index in [2.05, 4.69) is 15.0 Å². The molecule has 0 spiro atoms. The molecule has 0 atom stereocenters. The van der Waals surface area contributed by atoms with Gasteiger partial charge in [-0.05, 0) is 25.0 Å². The lowest BCUT2D eigenvalue weighted by Crippen LogP contribution is -2.16. The van der Waals surface area contributed by atoms with Crippen molar-refractivity contribution in [3.8, 4) is 22.3 Å². The standard InChI is InChI=1S/C16H15N3O3S/c20-14-12(16-17-10-3-1-2-4-11(10)23-16)15(21)19-13(18-14)9-5-7-22-8-6-9/h1-4,9H,5-8H2,(H2,18,19,20,21). The van der Waals surface area contributed by atoms with Crippen LogP contribution >= 0.6 is 11.3 Å². The number of hydrogen-bond acceptors (Lipinski definition) is 7. The second-order valence-electron chi connectivity index (χ2n) is 5.48. The number of ether oxygens (including phenoxy) is 1. The van der Waals surface area contributed by atoms with Crippen molar-refractivity contribution >= 4 is 21.6 Å². The Morgan fingerprint density at radius 2 is 1.70 bits per heavy atom. The van der Waals surface area contributed by atoms with E-state index in [1.807, 2.05) is 24.3 Å². The average molecular weight is 329 g/mol. The lowest BCUT2D eigenvalue weighted by atomic mass is 9.99. The molecular weight excluding hydrogens is 314 g/mol. The van der Waals surface area contributed by atoms with Gasteiger partial charge in [0.25, 0.3) is 0 Å². The Morgan fingerprint density at radius 3 is 2.39 bits per heavy atom. The Hall–Kier alpha value is -2.25. The maximum absolute atomic E-state index is 10.3. The van der Waals surface area contributed by atoms with Crippen LogP contribution in [0.15, 0.2) is 24.3 Å². The number of fused-ring (bicyclic) bond motifs is 1. The van der Waals surface area contributed by atoms with E-state index in [-0.39, 0.29) is 23.2 Å². The summed E-state index contributed by atoms with van der Waals surface area (Å²) >= 11 is 1.39. The third-order valence-electron chi connectivity index (χ3n) is 3.98. The van der Waals surface area contributed by atoms with Crippen LogP contribution in [-0.4, -0.2) is 38.4 Å². The minimum atomic E-state index is -0.224. The van der Waals surface area contributed by atoms with Crippen molar-refractivity contribution in [3.05, 3.63) is 30.1 Å². The number of hydrogen-bond donors (Lipinski definition) is 2. The molecule has 0 aliphatic carbocycles. The van der Waals surface area contributed by atoms with Crippen molar-refractivity contribution in [3.63, 3.8) is 0 Å². The van der Waals surface area contributed by atoms with Crippen molar-refractivity contribution < 1.29 is 14.9 Å². The molecule has 1 aliphatic rings. The third kappa shape index (κ3) is 2.62. The Bertz CT molecular complexity index is 803. The van der Waals surface area contributed by atoms with Crippen LogP contribution in [0.4, 0.5) is 0 Å². The normalized spacial score (nSPS) is 16.0. The molecular formula is C16H15N3O3S. The van der Waals surface area contributed by atoms with Crippen LogP contribution in [-0.2, 0) is 4.74 Å². The first-order valence-corrected chi connectivity index (χ1v) is 8.27. The van der Waals surface area contributed by atoms with E-state index in [1.54, 1.807) is 0 Å². The number of thiazole rings is 1. The fourth-order valence-corrected chi connectivity index (χ4v) is 3.76. The SMILES string of the molecule is Oc1nc(C2CCOCC2)nc(O)c1-c1nc2ccccc2s1. The first-order chi connectivity index (χ1) is 11.2. The highest BCUT2D eigenvalue weighted by atomic mass is 32.1. The smallest absolute Gasteiger partial charge is 0.228 e. The highest BCUT2D eigenvalue weighted by molar-refractivity contribution is 7.21. The molecule has 0 radical (unpaired) electrons. The first kappa shape index (κ1) is 14.3. The minimum Gasteiger partial charge on any atom is -0.493 e. The Labute approximate surface area is 136 Å². The molecule has 4 rings (SSSR count). The molecule has 7 heteroatoms. The van der Waals surface area contributed by atoms with E-state index in [4.69, 9.17) is 4.74 Å². The van der Waals surface area contributed by atoms with E-state index >= 15 is 0 Å². The summed E-state index contributed by atoms with van der Waals surface area (Å²) in [6, 6.07) is 7.66. The van der Waals surface area contributed by atoms with Crippen molar-refractivity contribution in [2.24, 2.45) is 0 Å². The number of nitrogens with zero attached hydrogens (tertiary/aromatic N) is 3. The van der Waals surface area contributed by atoms with Crippen LogP contribution in [0.1, 0.15) is 24.6 Å². The van der Waals surface area contributed by atoms with Crippen molar-refractivity contribution in [2.45, 2.75) is 18.8 Å². The van der Waals surface area contributed by atoms with Gasteiger partial charge in [0, 0.05) is 19.1 Å². The van der Waals surface area contributed by atoms with E-state index in [0.29, 0.717) is 24.0 Å². The molecule has 1 fully saturated rings. The minimum absolute atomic E-state index is 0.102. The van der Waals surface area contributed by atoms with Gasteiger partial charge in [0.1, 0.15) is 16.4 Å². The number of rotatable bonds is 2. The molecule has 3 aromatic rings. The van der Waals surface area contributed by atoms with E-state index in [0.717, 1.165) is 23.1 Å².